The van der Waals surface area contributed by atoms with E-state index in [0.717, 1.165) is 5.56 Å². The van der Waals surface area contributed by atoms with Crippen molar-refractivity contribution in [3.05, 3.63) is 87.9 Å². The molecule has 6 nitrogen and oxygen atoms in total. The van der Waals surface area contributed by atoms with Crippen LogP contribution in [-0.2, 0) is 11.4 Å². The van der Waals surface area contributed by atoms with Gasteiger partial charge in [-0.3, -0.25) is 4.79 Å². The molecule has 0 unspecified atom stereocenters. The van der Waals surface area contributed by atoms with Gasteiger partial charge in [-0.05, 0) is 54.1 Å². The van der Waals surface area contributed by atoms with E-state index in [0.29, 0.717) is 39.5 Å². The Hall–Kier alpha value is -3.22. The Labute approximate surface area is 190 Å². The van der Waals surface area contributed by atoms with E-state index in [1.54, 1.807) is 55.6 Å². The Morgan fingerprint density at radius 2 is 1.77 bits per heavy atom. The van der Waals surface area contributed by atoms with Crippen LogP contribution in [0.4, 0.5) is 0 Å². The molecule has 3 rings (SSSR count). The number of methoxy groups -OCH3 is 1. The summed E-state index contributed by atoms with van der Waals surface area (Å²) < 4.78 is 16.7. The molecule has 3 aromatic rings. The minimum atomic E-state index is -0.407. The van der Waals surface area contributed by atoms with Crippen LogP contribution in [0.15, 0.2) is 71.8 Å². The zero-order valence-electron chi connectivity index (χ0n) is 16.7. The summed E-state index contributed by atoms with van der Waals surface area (Å²) in [6.07, 6.45) is 1.48. The number of carbonyl (C=O) groups is 1. The highest BCUT2D eigenvalue weighted by Gasteiger charge is 2.10. The van der Waals surface area contributed by atoms with Crippen LogP contribution in [0, 0.1) is 0 Å². The number of halogens is 2. The number of amides is 1. The normalized spacial score (nSPS) is 10.7. The van der Waals surface area contributed by atoms with Crippen LogP contribution in [0.25, 0.3) is 0 Å². The minimum Gasteiger partial charge on any atom is -0.493 e. The molecule has 1 amide bonds. The zero-order chi connectivity index (χ0) is 22.1. The molecule has 1 N–H and O–H groups in total. The van der Waals surface area contributed by atoms with Gasteiger partial charge in [-0.2, -0.15) is 5.10 Å². The van der Waals surface area contributed by atoms with Crippen molar-refractivity contribution in [2.45, 2.75) is 6.61 Å². The van der Waals surface area contributed by atoms with Crippen LogP contribution in [-0.4, -0.2) is 25.8 Å². The fourth-order valence-corrected chi connectivity index (χ4v) is 2.96. The number of ether oxygens (including phenoxy) is 3. The molecular weight excluding hydrogens is 439 g/mol. The average molecular weight is 459 g/mol. The largest absolute Gasteiger partial charge is 0.493 e. The van der Waals surface area contributed by atoms with Gasteiger partial charge in [0.15, 0.2) is 18.1 Å². The quantitative estimate of drug-likeness (QED) is 0.357. The summed E-state index contributed by atoms with van der Waals surface area (Å²) in [6.45, 7) is 0.109. The van der Waals surface area contributed by atoms with Crippen LogP contribution < -0.4 is 19.6 Å². The number of benzene rings is 3. The summed E-state index contributed by atoms with van der Waals surface area (Å²) >= 11 is 11.8. The van der Waals surface area contributed by atoms with Gasteiger partial charge < -0.3 is 14.2 Å². The van der Waals surface area contributed by atoms with Gasteiger partial charge in [0.25, 0.3) is 5.91 Å². The summed E-state index contributed by atoms with van der Waals surface area (Å²) in [7, 11) is 1.55. The van der Waals surface area contributed by atoms with Gasteiger partial charge in [0.2, 0.25) is 0 Å². The van der Waals surface area contributed by atoms with E-state index < -0.39 is 5.91 Å². The molecule has 0 bridgehead atoms. The molecule has 0 radical (unpaired) electrons. The summed E-state index contributed by atoms with van der Waals surface area (Å²) in [5, 5.41) is 5.21. The third kappa shape index (κ3) is 6.91. The van der Waals surface area contributed by atoms with Crippen molar-refractivity contribution >= 4 is 35.3 Å². The Morgan fingerprint density at radius 3 is 2.52 bits per heavy atom. The SMILES string of the molecule is COc1cccc(/C=N\NC(=O)COc2ccc(Cl)cc2)c1OCc1cccc(Cl)c1. The van der Waals surface area contributed by atoms with Crippen molar-refractivity contribution < 1.29 is 19.0 Å². The molecular formula is C23H20Cl2N2O4. The van der Waals surface area contributed by atoms with Crippen molar-refractivity contribution in [3.63, 3.8) is 0 Å². The smallest absolute Gasteiger partial charge is 0.277 e. The number of rotatable bonds is 9. The summed E-state index contributed by atoms with van der Waals surface area (Å²) in [5.74, 6) is 1.17. The molecule has 160 valence electrons. The van der Waals surface area contributed by atoms with Crippen LogP contribution in [0.2, 0.25) is 10.0 Å². The second kappa shape index (κ2) is 11.2. The lowest BCUT2D eigenvalue weighted by atomic mass is 10.2. The van der Waals surface area contributed by atoms with E-state index in [1.807, 2.05) is 18.2 Å². The molecule has 8 heteroatoms. The molecule has 0 saturated carbocycles. The van der Waals surface area contributed by atoms with Gasteiger partial charge >= 0.3 is 0 Å². The highest BCUT2D eigenvalue weighted by atomic mass is 35.5. The number of nitrogens with one attached hydrogen (secondary N) is 1. The second-order valence-electron chi connectivity index (χ2n) is 6.33. The lowest BCUT2D eigenvalue weighted by molar-refractivity contribution is -0.123. The number of hydrogen-bond donors (Lipinski definition) is 1. The fourth-order valence-electron chi connectivity index (χ4n) is 2.62. The van der Waals surface area contributed by atoms with Crippen molar-refractivity contribution in [2.24, 2.45) is 5.10 Å². The van der Waals surface area contributed by atoms with E-state index in [-0.39, 0.29) is 6.61 Å². The maximum absolute atomic E-state index is 12.0. The monoisotopic (exact) mass is 458 g/mol. The molecule has 0 aliphatic heterocycles. The molecule has 0 fully saturated rings. The lowest BCUT2D eigenvalue weighted by Gasteiger charge is -2.13. The summed E-state index contributed by atoms with van der Waals surface area (Å²) in [6, 6.07) is 19.5. The first kappa shape index (κ1) is 22.5. The molecule has 3 aromatic carbocycles. The Morgan fingerprint density at radius 1 is 1.00 bits per heavy atom. The molecule has 0 saturated heterocycles. The summed E-state index contributed by atoms with van der Waals surface area (Å²) in [4.78, 5) is 12.0. The van der Waals surface area contributed by atoms with Crippen LogP contribution in [0.3, 0.4) is 0 Å². The standard InChI is InChI=1S/C23H20Cl2N2O4/c1-29-21-7-3-5-17(23(21)31-14-16-4-2-6-19(25)12-16)13-26-27-22(28)15-30-20-10-8-18(24)9-11-20/h2-13H,14-15H2,1H3,(H,27,28)/b26-13-. The van der Waals surface area contributed by atoms with Gasteiger partial charge in [-0.1, -0.05) is 41.4 Å². The van der Waals surface area contributed by atoms with E-state index in [2.05, 4.69) is 10.5 Å². The van der Waals surface area contributed by atoms with Crippen LogP contribution >= 0.6 is 23.2 Å². The summed E-state index contributed by atoms with van der Waals surface area (Å²) in [5.41, 5.74) is 3.97. The predicted molar refractivity (Wildman–Crippen MR) is 121 cm³/mol. The zero-order valence-corrected chi connectivity index (χ0v) is 18.2. The number of hydrazone groups is 1. The molecule has 31 heavy (non-hydrogen) atoms. The average Bonchev–Trinajstić information content (AvgIpc) is 2.77. The van der Waals surface area contributed by atoms with E-state index >= 15 is 0 Å². The van der Waals surface area contributed by atoms with Gasteiger partial charge in [0.1, 0.15) is 12.4 Å². The maximum atomic E-state index is 12.0. The van der Waals surface area contributed by atoms with Crippen LogP contribution in [0.5, 0.6) is 17.2 Å². The molecule has 0 aliphatic carbocycles. The first-order valence-corrected chi connectivity index (χ1v) is 10.1. The van der Waals surface area contributed by atoms with Gasteiger partial charge in [-0.15, -0.1) is 0 Å². The Bertz CT molecular complexity index is 1060. The van der Waals surface area contributed by atoms with Crippen molar-refractivity contribution in [1.82, 2.24) is 5.43 Å². The highest BCUT2D eigenvalue weighted by molar-refractivity contribution is 6.30. The van der Waals surface area contributed by atoms with Crippen molar-refractivity contribution in [3.8, 4) is 17.2 Å². The third-order valence-electron chi connectivity index (χ3n) is 4.08. The Balaban J connectivity index is 1.61. The van der Waals surface area contributed by atoms with Crippen molar-refractivity contribution in [2.75, 3.05) is 13.7 Å². The number of para-hydroxylation sites is 1. The highest BCUT2D eigenvalue weighted by Crippen LogP contribution is 2.31. The first-order chi connectivity index (χ1) is 15.0. The second-order valence-corrected chi connectivity index (χ2v) is 7.21. The predicted octanol–water partition coefficient (Wildman–Crippen LogP) is 5.11. The number of nitrogens with zero attached hydrogens (tertiary/aromatic N) is 1. The fraction of sp³-hybridized carbons (Fsp3) is 0.130. The first-order valence-electron chi connectivity index (χ1n) is 9.29. The van der Waals surface area contributed by atoms with Crippen molar-refractivity contribution in [1.29, 1.82) is 0 Å². The topological polar surface area (TPSA) is 69.2 Å². The molecule has 0 aliphatic rings. The minimum absolute atomic E-state index is 0.185. The van der Waals surface area contributed by atoms with E-state index in [4.69, 9.17) is 37.4 Å². The van der Waals surface area contributed by atoms with Crippen LogP contribution in [0.1, 0.15) is 11.1 Å². The number of carbonyl (C=O) groups excluding carboxylic acids is 1. The van der Waals surface area contributed by atoms with Gasteiger partial charge in [0.05, 0.1) is 13.3 Å². The third-order valence-corrected chi connectivity index (χ3v) is 4.57. The number of hydrogen-bond acceptors (Lipinski definition) is 5. The molecule has 0 spiro atoms. The maximum Gasteiger partial charge on any atom is 0.277 e. The van der Waals surface area contributed by atoms with E-state index in [9.17, 15) is 4.79 Å². The van der Waals surface area contributed by atoms with Gasteiger partial charge in [-0.25, -0.2) is 5.43 Å². The Kier molecular flexibility index (Phi) is 8.15. The molecule has 0 heterocycles. The molecule has 0 aromatic heterocycles. The van der Waals surface area contributed by atoms with E-state index in [1.165, 1.54) is 6.21 Å². The molecule has 0 atom stereocenters. The van der Waals surface area contributed by atoms with Gasteiger partial charge in [0, 0.05) is 15.6 Å². The lowest BCUT2D eigenvalue weighted by Crippen LogP contribution is -2.24.